The largest absolute Gasteiger partial charge is 0.497 e. The number of ether oxygens (including phenoxy) is 2. The molecule has 1 aromatic heterocycles. The van der Waals surface area contributed by atoms with Crippen LogP contribution in [0.15, 0.2) is 58.8 Å². The first-order valence-corrected chi connectivity index (χ1v) is 11.9. The van der Waals surface area contributed by atoms with Gasteiger partial charge >= 0.3 is 0 Å². The van der Waals surface area contributed by atoms with Crippen molar-refractivity contribution in [3.63, 3.8) is 0 Å². The summed E-state index contributed by atoms with van der Waals surface area (Å²) in [6.07, 6.45) is 3.33. The molecule has 1 aliphatic heterocycles. The van der Waals surface area contributed by atoms with E-state index < -0.39 is 0 Å². The number of allylic oxidation sites excluding steroid dienone is 1. The molecule has 2 heterocycles. The Balaban J connectivity index is 1.78. The number of thiocarbonyl (C=S) groups is 1. The molecule has 0 amide bonds. The zero-order valence-electron chi connectivity index (χ0n) is 20.0. The topological polar surface area (TPSA) is 72.7 Å². The first kappa shape index (κ1) is 23.8. The number of nitrogens with zero attached hydrogens (tertiary/aromatic N) is 3. The Bertz CT molecular complexity index is 1190. The van der Waals surface area contributed by atoms with E-state index in [1.165, 1.54) is 0 Å². The van der Waals surface area contributed by atoms with E-state index in [0.717, 1.165) is 59.7 Å². The van der Waals surface area contributed by atoms with Gasteiger partial charge < -0.3 is 24.2 Å². The predicted molar refractivity (Wildman–Crippen MR) is 137 cm³/mol. The molecule has 7 nitrogen and oxygen atoms in total. The lowest BCUT2D eigenvalue weighted by atomic mass is 9.94. The maximum Gasteiger partial charge on any atom is 0.258 e. The number of rotatable bonds is 9. The lowest BCUT2D eigenvalue weighted by Gasteiger charge is -2.37. The molecule has 0 saturated carbocycles. The Labute approximate surface area is 205 Å². The minimum Gasteiger partial charge on any atom is -0.497 e. The summed E-state index contributed by atoms with van der Waals surface area (Å²) in [5.74, 6) is 2.47. The number of hydrogen-bond acceptors (Lipinski definition) is 6. The second kappa shape index (κ2) is 10.7. The van der Waals surface area contributed by atoms with Crippen molar-refractivity contribution in [2.75, 3.05) is 20.8 Å². The number of nitrogens with one attached hydrogen (secondary N) is 1. The van der Waals surface area contributed by atoms with Gasteiger partial charge in [-0.25, -0.2) is 0 Å². The third-order valence-corrected chi connectivity index (χ3v) is 6.33. The van der Waals surface area contributed by atoms with Crippen LogP contribution in [0.2, 0.25) is 0 Å². The van der Waals surface area contributed by atoms with Crippen LogP contribution >= 0.6 is 12.2 Å². The Hall–Kier alpha value is -3.39. The van der Waals surface area contributed by atoms with Crippen molar-refractivity contribution in [3.05, 3.63) is 65.7 Å². The first-order valence-electron chi connectivity index (χ1n) is 11.5. The molecule has 8 heteroatoms. The van der Waals surface area contributed by atoms with E-state index >= 15 is 0 Å². The maximum atomic E-state index is 5.82. The SMILES string of the molecule is CCCCCN1C(=S)NC(c2cccc(OC)c2)C(c2nc(-c3cccc(OC)c3)no2)=C1C. The van der Waals surface area contributed by atoms with Gasteiger partial charge in [-0.2, -0.15) is 4.98 Å². The minimum atomic E-state index is -0.247. The summed E-state index contributed by atoms with van der Waals surface area (Å²) in [6, 6.07) is 15.3. The number of unbranched alkanes of at least 4 members (excludes halogenated alkanes) is 2. The summed E-state index contributed by atoms with van der Waals surface area (Å²) in [5.41, 5.74) is 3.74. The molecule has 0 radical (unpaired) electrons. The van der Waals surface area contributed by atoms with Crippen molar-refractivity contribution in [1.82, 2.24) is 20.4 Å². The van der Waals surface area contributed by atoms with Gasteiger partial charge in [0.25, 0.3) is 5.89 Å². The standard InChI is InChI=1S/C26H30N4O3S/c1-5-6-7-14-30-17(2)22(23(27-26(30)34)18-10-8-12-20(15-18)31-3)25-28-24(29-33-25)19-11-9-13-21(16-19)32-4/h8-13,15-16,23H,5-7,14H2,1-4H3,(H,27,34). The van der Waals surface area contributed by atoms with Crippen molar-refractivity contribution >= 4 is 22.9 Å². The molecule has 4 rings (SSSR count). The average Bonchev–Trinajstić information content (AvgIpc) is 3.35. The van der Waals surface area contributed by atoms with Crippen molar-refractivity contribution in [1.29, 1.82) is 0 Å². The molecule has 0 fully saturated rings. The van der Waals surface area contributed by atoms with Gasteiger partial charge in [0.2, 0.25) is 5.82 Å². The normalized spacial score (nSPS) is 15.9. The maximum absolute atomic E-state index is 5.82. The van der Waals surface area contributed by atoms with Crippen LogP contribution in [0.3, 0.4) is 0 Å². The van der Waals surface area contributed by atoms with Gasteiger partial charge in [-0.1, -0.05) is 49.2 Å². The van der Waals surface area contributed by atoms with Gasteiger partial charge in [-0.05, 0) is 55.4 Å². The van der Waals surface area contributed by atoms with E-state index in [2.05, 4.69) is 29.2 Å². The summed E-state index contributed by atoms with van der Waals surface area (Å²) in [5, 5.41) is 8.47. The molecule has 1 N–H and O–H groups in total. The highest BCUT2D eigenvalue weighted by molar-refractivity contribution is 7.80. The Morgan fingerprint density at radius 2 is 1.79 bits per heavy atom. The fourth-order valence-electron chi connectivity index (χ4n) is 4.13. The van der Waals surface area contributed by atoms with E-state index in [4.69, 9.17) is 31.2 Å². The third-order valence-electron chi connectivity index (χ3n) is 5.99. The van der Waals surface area contributed by atoms with Crippen LogP contribution in [0.25, 0.3) is 17.0 Å². The van der Waals surface area contributed by atoms with E-state index in [-0.39, 0.29) is 6.04 Å². The second-order valence-electron chi connectivity index (χ2n) is 8.17. The van der Waals surface area contributed by atoms with Gasteiger partial charge in [0.05, 0.1) is 25.8 Å². The zero-order chi connectivity index (χ0) is 24.1. The van der Waals surface area contributed by atoms with E-state index in [9.17, 15) is 0 Å². The van der Waals surface area contributed by atoms with Crippen molar-refractivity contribution < 1.29 is 14.0 Å². The lowest BCUT2D eigenvalue weighted by Crippen LogP contribution is -2.46. The van der Waals surface area contributed by atoms with Crippen molar-refractivity contribution in [2.24, 2.45) is 0 Å². The van der Waals surface area contributed by atoms with Crippen LogP contribution in [-0.4, -0.2) is 40.9 Å². The summed E-state index contributed by atoms with van der Waals surface area (Å²) in [4.78, 5) is 6.90. The van der Waals surface area contributed by atoms with Crippen LogP contribution in [0, 0.1) is 0 Å². The Morgan fingerprint density at radius 1 is 1.06 bits per heavy atom. The van der Waals surface area contributed by atoms with E-state index in [1.807, 2.05) is 48.5 Å². The molecular formula is C26H30N4O3S. The fraction of sp³-hybridized carbons (Fsp3) is 0.346. The Morgan fingerprint density at radius 3 is 2.53 bits per heavy atom. The van der Waals surface area contributed by atoms with Crippen molar-refractivity contribution in [2.45, 2.75) is 39.2 Å². The van der Waals surface area contributed by atoms with Gasteiger partial charge in [0, 0.05) is 17.8 Å². The van der Waals surface area contributed by atoms with Crippen LogP contribution in [0.4, 0.5) is 0 Å². The molecule has 34 heavy (non-hydrogen) atoms. The Kier molecular flexibility index (Phi) is 7.47. The summed E-state index contributed by atoms with van der Waals surface area (Å²) in [6.45, 7) is 5.09. The zero-order valence-corrected chi connectivity index (χ0v) is 20.8. The quantitative estimate of drug-likeness (QED) is 0.314. The third kappa shape index (κ3) is 4.92. The van der Waals surface area contributed by atoms with Crippen LogP contribution < -0.4 is 14.8 Å². The van der Waals surface area contributed by atoms with Crippen LogP contribution in [0.5, 0.6) is 11.5 Å². The molecule has 3 aromatic rings. The molecule has 1 unspecified atom stereocenters. The van der Waals surface area contributed by atoms with Gasteiger partial charge in [0.15, 0.2) is 5.11 Å². The second-order valence-corrected chi connectivity index (χ2v) is 8.56. The van der Waals surface area contributed by atoms with E-state index in [0.29, 0.717) is 16.8 Å². The highest BCUT2D eigenvalue weighted by Crippen LogP contribution is 2.38. The fourth-order valence-corrected chi connectivity index (χ4v) is 4.48. The smallest absolute Gasteiger partial charge is 0.258 e. The van der Waals surface area contributed by atoms with Crippen LogP contribution in [0.1, 0.15) is 50.6 Å². The monoisotopic (exact) mass is 478 g/mol. The molecule has 0 saturated heterocycles. The van der Waals surface area contributed by atoms with Gasteiger partial charge in [-0.3, -0.25) is 0 Å². The summed E-state index contributed by atoms with van der Waals surface area (Å²) in [7, 11) is 3.30. The van der Waals surface area contributed by atoms with Gasteiger partial charge in [-0.15, -0.1) is 0 Å². The molecule has 1 atom stereocenters. The van der Waals surface area contributed by atoms with Crippen LogP contribution in [-0.2, 0) is 0 Å². The average molecular weight is 479 g/mol. The summed E-state index contributed by atoms with van der Waals surface area (Å²) < 4.78 is 16.6. The van der Waals surface area contributed by atoms with Crippen molar-refractivity contribution in [3.8, 4) is 22.9 Å². The molecular weight excluding hydrogens is 448 g/mol. The summed E-state index contributed by atoms with van der Waals surface area (Å²) >= 11 is 5.77. The highest BCUT2D eigenvalue weighted by Gasteiger charge is 2.34. The highest BCUT2D eigenvalue weighted by atomic mass is 32.1. The minimum absolute atomic E-state index is 0.247. The molecule has 0 bridgehead atoms. The molecule has 0 aliphatic carbocycles. The number of benzene rings is 2. The van der Waals surface area contributed by atoms with E-state index in [1.54, 1.807) is 14.2 Å². The number of hydrogen-bond donors (Lipinski definition) is 1. The molecule has 2 aromatic carbocycles. The first-order chi connectivity index (χ1) is 16.5. The predicted octanol–water partition coefficient (Wildman–Crippen LogP) is 5.61. The molecule has 1 aliphatic rings. The number of aromatic nitrogens is 2. The number of methoxy groups -OCH3 is 2. The molecule has 178 valence electrons. The lowest BCUT2D eigenvalue weighted by molar-refractivity contribution is 0.394. The molecule has 0 spiro atoms. The van der Waals surface area contributed by atoms with Gasteiger partial charge in [0.1, 0.15) is 11.5 Å².